The summed E-state index contributed by atoms with van der Waals surface area (Å²) in [4.78, 5) is 21.5. The third-order valence-electron chi connectivity index (χ3n) is 4.45. The van der Waals surface area contributed by atoms with Gasteiger partial charge < -0.3 is 4.90 Å². The molecule has 0 N–H and O–H groups in total. The molecule has 0 spiro atoms. The summed E-state index contributed by atoms with van der Waals surface area (Å²) in [7, 11) is 3.18. The summed E-state index contributed by atoms with van der Waals surface area (Å²) < 4.78 is 0. The molecular weight excluding hydrogens is 290 g/mol. The molecule has 0 unspecified atom stereocenters. The molecule has 2 rings (SSSR count). The Morgan fingerprint density at radius 3 is 2.39 bits per heavy atom. The van der Waals surface area contributed by atoms with Crippen LogP contribution in [0.5, 0.6) is 0 Å². The van der Waals surface area contributed by atoms with Gasteiger partial charge in [-0.2, -0.15) is 0 Å². The Balaban J connectivity index is 1.57. The Bertz CT molecular complexity index is 459. The predicted molar refractivity (Wildman–Crippen MR) is 91.8 cm³/mol. The van der Waals surface area contributed by atoms with Crippen molar-refractivity contribution < 1.29 is 9.63 Å². The molecular formula is C18H29N3O2. The monoisotopic (exact) mass is 319 g/mol. The molecule has 0 saturated carbocycles. The molecule has 1 aliphatic heterocycles. The fourth-order valence-electron chi connectivity index (χ4n) is 2.88. The van der Waals surface area contributed by atoms with Gasteiger partial charge in [0.15, 0.2) is 0 Å². The summed E-state index contributed by atoms with van der Waals surface area (Å²) in [6, 6.07) is 10.7. The first-order chi connectivity index (χ1) is 11.2. The average Bonchev–Trinajstić information content (AvgIpc) is 2.60. The maximum absolute atomic E-state index is 11.6. The highest BCUT2D eigenvalue weighted by Gasteiger charge is 2.16. The summed E-state index contributed by atoms with van der Waals surface area (Å²) in [6.07, 6.45) is 2.57. The highest BCUT2D eigenvalue weighted by molar-refractivity contribution is 5.74. The number of carbonyl (C=O) groups is 1. The molecule has 5 heteroatoms. The Hall–Kier alpha value is -1.43. The fourth-order valence-corrected chi connectivity index (χ4v) is 2.88. The zero-order valence-electron chi connectivity index (χ0n) is 14.4. The Labute approximate surface area is 139 Å². The minimum Gasteiger partial charge on any atom is -0.301 e. The number of rotatable bonds is 8. The highest BCUT2D eigenvalue weighted by atomic mass is 16.7. The van der Waals surface area contributed by atoms with Crippen LogP contribution in [-0.2, 0) is 16.2 Å². The summed E-state index contributed by atoms with van der Waals surface area (Å²) >= 11 is 0. The standard InChI is InChI=1S/C18H29N3O2/c1-19(23-2)18(22)10-6-7-11-20-12-14-21(15-13-20)16-17-8-4-3-5-9-17/h3-5,8-9H,6-7,10-16H2,1-2H3. The van der Waals surface area contributed by atoms with Crippen LogP contribution in [0.3, 0.4) is 0 Å². The van der Waals surface area contributed by atoms with Crippen molar-refractivity contribution in [2.45, 2.75) is 25.8 Å². The lowest BCUT2D eigenvalue weighted by Crippen LogP contribution is -2.46. The zero-order chi connectivity index (χ0) is 16.5. The SMILES string of the molecule is CON(C)C(=O)CCCCN1CCN(Cc2ccccc2)CC1. The van der Waals surface area contributed by atoms with Gasteiger partial charge in [0.25, 0.3) is 0 Å². The van der Waals surface area contributed by atoms with Gasteiger partial charge in [0, 0.05) is 46.2 Å². The van der Waals surface area contributed by atoms with E-state index in [1.807, 2.05) is 0 Å². The van der Waals surface area contributed by atoms with Gasteiger partial charge in [-0.25, -0.2) is 5.06 Å². The number of benzene rings is 1. The smallest absolute Gasteiger partial charge is 0.245 e. The quantitative estimate of drug-likeness (QED) is 0.542. The van der Waals surface area contributed by atoms with Gasteiger partial charge in [0.2, 0.25) is 5.91 Å². The lowest BCUT2D eigenvalue weighted by Gasteiger charge is -2.34. The van der Waals surface area contributed by atoms with Crippen molar-refractivity contribution in [1.29, 1.82) is 0 Å². The molecule has 1 saturated heterocycles. The van der Waals surface area contributed by atoms with Gasteiger partial charge in [-0.1, -0.05) is 30.3 Å². The molecule has 1 fully saturated rings. The molecule has 0 bridgehead atoms. The van der Waals surface area contributed by atoms with Crippen LogP contribution in [0, 0.1) is 0 Å². The molecule has 23 heavy (non-hydrogen) atoms. The second-order valence-electron chi connectivity index (χ2n) is 6.13. The van der Waals surface area contributed by atoms with E-state index < -0.39 is 0 Å². The van der Waals surface area contributed by atoms with Crippen molar-refractivity contribution in [2.75, 3.05) is 46.9 Å². The number of hydroxylamine groups is 2. The minimum absolute atomic E-state index is 0.0557. The molecule has 1 aromatic rings. The van der Waals surface area contributed by atoms with Crippen LogP contribution in [0.4, 0.5) is 0 Å². The Morgan fingerprint density at radius 1 is 1.09 bits per heavy atom. The van der Waals surface area contributed by atoms with E-state index in [4.69, 9.17) is 4.84 Å². The van der Waals surface area contributed by atoms with Crippen molar-refractivity contribution in [3.8, 4) is 0 Å². The summed E-state index contributed by atoms with van der Waals surface area (Å²) in [5.74, 6) is 0.0557. The lowest BCUT2D eigenvalue weighted by molar-refractivity contribution is -0.168. The second kappa shape index (κ2) is 9.65. The van der Waals surface area contributed by atoms with Gasteiger partial charge >= 0.3 is 0 Å². The van der Waals surface area contributed by atoms with Crippen LogP contribution in [0.15, 0.2) is 30.3 Å². The first kappa shape index (κ1) is 17.9. The molecule has 1 aliphatic rings. The number of hydrogen-bond donors (Lipinski definition) is 0. The van der Waals surface area contributed by atoms with E-state index in [1.54, 1.807) is 7.05 Å². The Morgan fingerprint density at radius 2 is 1.74 bits per heavy atom. The van der Waals surface area contributed by atoms with Crippen LogP contribution >= 0.6 is 0 Å². The van der Waals surface area contributed by atoms with E-state index in [1.165, 1.54) is 17.7 Å². The van der Waals surface area contributed by atoms with Gasteiger partial charge in [-0.05, 0) is 24.9 Å². The zero-order valence-corrected chi connectivity index (χ0v) is 14.4. The Kier molecular flexibility index (Phi) is 7.52. The molecule has 0 aromatic heterocycles. The summed E-state index contributed by atoms with van der Waals surface area (Å²) in [6.45, 7) is 6.63. The van der Waals surface area contributed by atoms with Crippen LogP contribution < -0.4 is 0 Å². The number of carbonyl (C=O) groups excluding carboxylic acids is 1. The first-order valence-electron chi connectivity index (χ1n) is 8.48. The van der Waals surface area contributed by atoms with Crippen LogP contribution in [0.25, 0.3) is 0 Å². The van der Waals surface area contributed by atoms with Crippen LogP contribution in [-0.4, -0.2) is 67.7 Å². The minimum atomic E-state index is 0.0557. The normalized spacial score (nSPS) is 16.4. The molecule has 1 heterocycles. The highest BCUT2D eigenvalue weighted by Crippen LogP contribution is 2.09. The number of nitrogens with zero attached hydrogens (tertiary/aromatic N) is 3. The average molecular weight is 319 g/mol. The van der Waals surface area contributed by atoms with E-state index in [0.717, 1.165) is 52.1 Å². The number of amides is 1. The van der Waals surface area contributed by atoms with E-state index in [-0.39, 0.29) is 5.91 Å². The second-order valence-corrected chi connectivity index (χ2v) is 6.13. The molecule has 0 aliphatic carbocycles. The summed E-state index contributed by atoms with van der Waals surface area (Å²) in [5, 5.41) is 1.31. The topological polar surface area (TPSA) is 36.0 Å². The van der Waals surface area contributed by atoms with Crippen LogP contribution in [0.2, 0.25) is 0 Å². The van der Waals surface area contributed by atoms with Crippen molar-refractivity contribution >= 4 is 5.91 Å². The maximum atomic E-state index is 11.6. The van der Waals surface area contributed by atoms with Crippen molar-refractivity contribution in [1.82, 2.24) is 14.9 Å². The number of hydrogen-bond acceptors (Lipinski definition) is 4. The third-order valence-corrected chi connectivity index (χ3v) is 4.45. The summed E-state index contributed by atoms with van der Waals surface area (Å²) in [5.41, 5.74) is 1.39. The van der Waals surface area contributed by atoms with Crippen molar-refractivity contribution in [2.24, 2.45) is 0 Å². The van der Waals surface area contributed by atoms with E-state index in [0.29, 0.717) is 6.42 Å². The molecule has 5 nitrogen and oxygen atoms in total. The molecule has 128 valence electrons. The molecule has 1 amide bonds. The fraction of sp³-hybridized carbons (Fsp3) is 0.611. The molecule has 0 radical (unpaired) electrons. The molecule has 0 atom stereocenters. The van der Waals surface area contributed by atoms with E-state index in [9.17, 15) is 4.79 Å². The van der Waals surface area contributed by atoms with Gasteiger partial charge in [-0.3, -0.25) is 14.5 Å². The van der Waals surface area contributed by atoms with Gasteiger partial charge in [-0.15, -0.1) is 0 Å². The van der Waals surface area contributed by atoms with E-state index >= 15 is 0 Å². The van der Waals surface area contributed by atoms with Gasteiger partial charge in [0.05, 0.1) is 7.11 Å². The number of piperazine rings is 1. The van der Waals surface area contributed by atoms with Crippen LogP contribution in [0.1, 0.15) is 24.8 Å². The molecule has 1 aromatic carbocycles. The van der Waals surface area contributed by atoms with E-state index in [2.05, 4.69) is 40.1 Å². The number of unbranched alkanes of at least 4 members (excludes halogenated alkanes) is 1. The van der Waals surface area contributed by atoms with Crippen molar-refractivity contribution in [3.05, 3.63) is 35.9 Å². The largest absolute Gasteiger partial charge is 0.301 e. The first-order valence-corrected chi connectivity index (χ1v) is 8.48. The van der Waals surface area contributed by atoms with Gasteiger partial charge in [0.1, 0.15) is 0 Å². The third kappa shape index (κ3) is 6.29. The predicted octanol–water partition coefficient (Wildman–Crippen LogP) is 1.99. The maximum Gasteiger partial charge on any atom is 0.245 e. The lowest BCUT2D eigenvalue weighted by atomic mass is 10.2. The van der Waals surface area contributed by atoms with Crippen molar-refractivity contribution in [3.63, 3.8) is 0 Å².